The first-order valence-electron chi connectivity index (χ1n) is 15.1. The maximum absolute atomic E-state index is 16.8. The molecule has 1 aliphatic carbocycles. The van der Waals surface area contributed by atoms with Crippen LogP contribution in [-0.2, 0) is 4.74 Å². The Labute approximate surface area is 255 Å². The monoisotopic (exact) mass is 605 g/mol. The third kappa shape index (κ3) is 5.71. The molecule has 10 heteroatoms. The van der Waals surface area contributed by atoms with Gasteiger partial charge in [-0.1, -0.05) is 35.9 Å². The summed E-state index contributed by atoms with van der Waals surface area (Å²) in [6, 6.07) is 13.1. The van der Waals surface area contributed by atoms with Crippen molar-refractivity contribution in [2.75, 3.05) is 57.4 Å². The van der Waals surface area contributed by atoms with E-state index < -0.39 is 5.82 Å². The first kappa shape index (κ1) is 28.5. The Morgan fingerprint density at radius 1 is 1.07 bits per heavy atom. The molecule has 0 radical (unpaired) electrons. The van der Waals surface area contributed by atoms with E-state index in [1.54, 1.807) is 18.2 Å². The number of phenolic OH excluding ortho intramolecular Hbond substituents is 1. The molecule has 43 heavy (non-hydrogen) atoms. The molecule has 3 aromatic carbocycles. The van der Waals surface area contributed by atoms with Crippen LogP contribution in [0.15, 0.2) is 42.5 Å². The van der Waals surface area contributed by atoms with Crippen LogP contribution < -0.4 is 15.0 Å². The molecule has 7 rings (SSSR count). The zero-order valence-electron chi connectivity index (χ0n) is 24.6. The van der Waals surface area contributed by atoms with Crippen molar-refractivity contribution in [2.24, 2.45) is 5.41 Å². The minimum Gasteiger partial charge on any atom is -0.508 e. The molecule has 1 saturated carbocycles. The standard InChI is InChI=1S/C33H37ClFN5O3/c1-20-16-40(17-21(2)36-20)31-26-15-27(34)28(25-14-23(41)13-22-5-3-4-6-24(22)25)29(35)30(26)37-32(38-31)43-19-33(7-8-33)18-39-9-11-42-12-10-39/h3-6,13-15,20-21,36,41H,7-12,16-19H2,1-2H3. The van der Waals surface area contributed by atoms with Crippen molar-refractivity contribution >= 4 is 39.1 Å². The molecule has 2 atom stereocenters. The zero-order valence-corrected chi connectivity index (χ0v) is 25.3. The second kappa shape index (κ2) is 11.4. The molecular weight excluding hydrogens is 569 g/mol. The Morgan fingerprint density at radius 2 is 1.81 bits per heavy atom. The smallest absolute Gasteiger partial charge is 0.319 e. The van der Waals surface area contributed by atoms with Crippen molar-refractivity contribution in [3.8, 4) is 22.9 Å². The molecule has 2 N–H and O–H groups in total. The number of aromatic nitrogens is 2. The molecule has 0 spiro atoms. The van der Waals surface area contributed by atoms with E-state index in [2.05, 4.69) is 33.9 Å². The maximum Gasteiger partial charge on any atom is 0.319 e. The van der Waals surface area contributed by atoms with Crippen molar-refractivity contribution < 1.29 is 19.0 Å². The summed E-state index contributed by atoms with van der Waals surface area (Å²) in [5, 5.41) is 16.4. The van der Waals surface area contributed by atoms with Gasteiger partial charge in [0.15, 0.2) is 5.82 Å². The van der Waals surface area contributed by atoms with Crippen molar-refractivity contribution in [1.82, 2.24) is 20.2 Å². The fraction of sp³-hybridized carbons (Fsp3) is 0.455. The number of anilines is 1. The van der Waals surface area contributed by atoms with E-state index in [1.165, 1.54) is 0 Å². The number of phenols is 1. The second-order valence-electron chi connectivity index (χ2n) is 12.5. The number of benzene rings is 3. The Balaban J connectivity index is 1.32. The Hall–Kier alpha value is -3.24. The summed E-state index contributed by atoms with van der Waals surface area (Å²) in [4.78, 5) is 14.2. The molecule has 8 nitrogen and oxygen atoms in total. The summed E-state index contributed by atoms with van der Waals surface area (Å²) in [6.07, 6.45) is 2.16. The van der Waals surface area contributed by atoms with E-state index in [-0.39, 0.29) is 45.4 Å². The molecule has 2 saturated heterocycles. The number of nitrogens with one attached hydrogen (secondary N) is 1. The molecule has 2 unspecified atom stereocenters. The van der Waals surface area contributed by atoms with Gasteiger partial charge in [0.25, 0.3) is 0 Å². The van der Waals surface area contributed by atoms with Crippen LogP contribution in [0, 0.1) is 11.2 Å². The third-order valence-electron chi connectivity index (χ3n) is 8.94. The highest BCUT2D eigenvalue weighted by molar-refractivity contribution is 6.35. The van der Waals surface area contributed by atoms with Crippen LogP contribution in [-0.4, -0.2) is 84.6 Å². The van der Waals surface area contributed by atoms with Gasteiger partial charge < -0.3 is 24.8 Å². The van der Waals surface area contributed by atoms with Gasteiger partial charge in [-0.25, -0.2) is 4.39 Å². The average Bonchev–Trinajstić information content (AvgIpc) is 3.75. The van der Waals surface area contributed by atoms with E-state index >= 15 is 4.39 Å². The van der Waals surface area contributed by atoms with Crippen LogP contribution in [0.3, 0.4) is 0 Å². The highest BCUT2D eigenvalue weighted by atomic mass is 35.5. The van der Waals surface area contributed by atoms with E-state index in [1.807, 2.05) is 24.3 Å². The lowest BCUT2D eigenvalue weighted by Crippen LogP contribution is -2.54. The number of fused-ring (bicyclic) bond motifs is 2. The largest absolute Gasteiger partial charge is 0.508 e. The minimum absolute atomic E-state index is 0.0375. The van der Waals surface area contributed by atoms with Crippen LogP contribution in [0.25, 0.3) is 32.8 Å². The molecule has 2 aliphatic heterocycles. The van der Waals surface area contributed by atoms with Gasteiger partial charge in [0.05, 0.1) is 24.8 Å². The van der Waals surface area contributed by atoms with E-state index in [9.17, 15) is 5.11 Å². The SMILES string of the molecule is CC1CN(c2nc(OCC3(CN4CCOCC4)CC3)nc3c(F)c(-c4cc(O)cc5ccccc45)c(Cl)cc23)CC(C)N1. The predicted molar refractivity (Wildman–Crippen MR) is 168 cm³/mol. The molecule has 226 valence electrons. The van der Waals surface area contributed by atoms with Crippen LogP contribution in [0.2, 0.25) is 5.02 Å². The van der Waals surface area contributed by atoms with Gasteiger partial charge in [-0.05, 0) is 61.2 Å². The van der Waals surface area contributed by atoms with Crippen LogP contribution in [0.4, 0.5) is 10.2 Å². The van der Waals surface area contributed by atoms with Gasteiger partial charge in [-0.15, -0.1) is 0 Å². The molecule has 1 aromatic heterocycles. The Morgan fingerprint density at radius 3 is 2.56 bits per heavy atom. The van der Waals surface area contributed by atoms with Crippen molar-refractivity contribution in [3.63, 3.8) is 0 Å². The lowest BCUT2D eigenvalue weighted by atomic mass is 9.96. The molecule has 0 bridgehead atoms. The van der Waals surface area contributed by atoms with E-state index in [0.717, 1.165) is 56.5 Å². The fourth-order valence-corrected chi connectivity index (χ4v) is 6.98. The summed E-state index contributed by atoms with van der Waals surface area (Å²) in [7, 11) is 0. The number of rotatable bonds is 7. The van der Waals surface area contributed by atoms with Gasteiger partial charge in [-0.2, -0.15) is 9.97 Å². The predicted octanol–water partition coefficient (Wildman–Crippen LogP) is 5.63. The zero-order chi connectivity index (χ0) is 29.7. The van der Waals surface area contributed by atoms with Crippen LogP contribution in [0.1, 0.15) is 26.7 Å². The highest BCUT2D eigenvalue weighted by Gasteiger charge is 2.45. The third-order valence-corrected chi connectivity index (χ3v) is 9.24. The molecule has 4 aromatic rings. The first-order chi connectivity index (χ1) is 20.8. The molecule has 3 heterocycles. The minimum atomic E-state index is -0.558. The summed E-state index contributed by atoms with van der Waals surface area (Å²) < 4.78 is 28.6. The summed E-state index contributed by atoms with van der Waals surface area (Å²) in [6.45, 7) is 10.5. The Bertz CT molecular complexity index is 1670. The van der Waals surface area contributed by atoms with Crippen molar-refractivity contribution in [1.29, 1.82) is 0 Å². The number of morpholine rings is 1. The molecule has 0 amide bonds. The molecular formula is C33H37ClFN5O3. The topological polar surface area (TPSA) is 83.0 Å². The quantitative estimate of drug-likeness (QED) is 0.281. The molecule has 3 aliphatic rings. The Kier molecular flexibility index (Phi) is 7.53. The summed E-state index contributed by atoms with van der Waals surface area (Å²) in [5.74, 6) is 0.0965. The average molecular weight is 606 g/mol. The van der Waals surface area contributed by atoms with Crippen LogP contribution in [0.5, 0.6) is 11.8 Å². The van der Waals surface area contributed by atoms with E-state index in [4.69, 9.17) is 26.1 Å². The number of nitrogens with zero attached hydrogens (tertiary/aromatic N) is 4. The lowest BCUT2D eigenvalue weighted by Gasteiger charge is -2.37. The van der Waals surface area contributed by atoms with E-state index in [0.29, 0.717) is 36.5 Å². The maximum atomic E-state index is 16.8. The number of hydrogen-bond donors (Lipinski definition) is 2. The number of piperazine rings is 1. The number of hydrogen-bond acceptors (Lipinski definition) is 8. The molecule has 3 fully saturated rings. The van der Waals surface area contributed by atoms with Gasteiger partial charge in [0.2, 0.25) is 0 Å². The summed E-state index contributed by atoms with van der Waals surface area (Å²) in [5.41, 5.74) is 0.918. The highest BCUT2D eigenvalue weighted by Crippen LogP contribution is 2.47. The number of aromatic hydroxyl groups is 1. The van der Waals surface area contributed by atoms with Crippen LogP contribution >= 0.6 is 11.6 Å². The van der Waals surface area contributed by atoms with Crippen molar-refractivity contribution in [3.05, 3.63) is 53.3 Å². The lowest BCUT2D eigenvalue weighted by molar-refractivity contribution is 0.0231. The normalized spacial score (nSPS) is 22.3. The summed E-state index contributed by atoms with van der Waals surface area (Å²) >= 11 is 6.87. The van der Waals surface area contributed by atoms with Gasteiger partial charge in [-0.3, -0.25) is 4.90 Å². The first-order valence-corrected chi connectivity index (χ1v) is 15.5. The van der Waals surface area contributed by atoms with Gasteiger partial charge >= 0.3 is 6.01 Å². The van der Waals surface area contributed by atoms with Crippen molar-refractivity contribution in [2.45, 2.75) is 38.8 Å². The number of halogens is 2. The van der Waals surface area contributed by atoms with Gasteiger partial charge in [0.1, 0.15) is 17.1 Å². The second-order valence-corrected chi connectivity index (χ2v) is 12.9. The number of ether oxygens (including phenoxy) is 2. The fourth-order valence-electron chi connectivity index (χ4n) is 6.69. The van der Waals surface area contributed by atoms with Gasteiger partial charge in [0, 0.05) is 61.2 Å².